The van der Waals surface area contributed by atoms with Crippen LogP contribution in [-0.4, -0.2) is 30.0 Å². The topological polar surface area (TPSA) is 61.7 Å². The van der Waals surface area contributed by atoms with Gasteiger partial charge in [-0.25, -0.2) is 0 Å². The van der Waals surface area contributed by atoms with Gasteiger partial charge in [0.1, 0.15) is 5.15 Å². The lowest BCUT2D eigenvalue weighted by Gasteiger charge is -2.26. The zero-order valence-electron chi connectivity index (χ0n) is 16.5. The fourth-order valence-electron chi connectivity index (χ4n) is 3.21. The van der Waals surface area contributed by atoms with Gasteiger partial charge in [-0.15, -0.1) is 24.0 Å². The Morgan fingerprint density at radius 1 is 1.14 bits per heavy atom. The van der Waals surface area contributed by atoms with Crippen LogP contribution in [0.3, 0.4) is 0 Å². The molecule has 29 heavy (non-hydrogen) atoms. The average Bonchev–Trinajstić information content (AvgIpc) is 2.96. The molecule has 158 valence electrons. The molecule has 1 fully saturated rings. The molecule has 0 saturated carbocycles. The van der Waals surface area contributed by atoms with Crippen LogP contribution in [0.2, 0.25) is 10.2 Å². The van der Waals surface area contributed by atoms with Gasteiger partial charge >= 0.3 is 0 Å². The number of nitrogens with zero attached hydrogens (tertiary/aromatic N) is 3. The van der Waals surface area contributed by atoms with Crippen LogP contribution in [0.25, 0.3) is 0 Å². The van der Waals surface area contributed by atoms with Crippen molar-refractivity contribution in [2.75, 3.05) is 18.5 Å². The first-order valence-electron chi connectivity index (χ1n) is 9.33. The number of hydrogen-bond acceptors (Lipinski definition) is 2. The van der Waals surface area contributed by atoms with E-state index >= 15 is 0 Å². The van der Waals surface area contributed by atoms with Crippen LogP contribution in [0.5, 0.6) is 0 Å². The lowest BCUT2D eigenvalue weighted by atomic mass is 10.1. The SMILES string of the molecule is CN=C(NCc1ccc(N2CCCCC2=O)cc1)NCc1cc(Cl)c(Cl)n1C.I. The van der Waals surface area contributed by atoms with Gasteiger partial charge in [0, 0.05) is 45.0 Å². The molecule has 0 atom stereocenters. The summed E-state index contributed by atoms with van der Waals surface area (Å²) in [6.07, 6.45) is 2.70. The van der Waals surface area contributed by atoms with Crippen LogP contribution in [0, 0.1) is 0 Å². The summed E-state index contributed by atoms with van der Waals surface area (Å²) in [5.41, 5.74) is 3.04. The number of hydrogen-bond donors (Lipinski definition) is 2. The van der Waals surface area contributed by atoms with Crippen molar-refractivity contribution in [2.45, 2.75) is 32.4 Å². The molecule has 0 spiro atoms. The van der Waals surface area contributed by atoms with Gasteiger partial charge in [0.2, 0.25) is 5.91 Å². The molecule has 1 aromatic heterocycles. The molecule has 1 aromatic carbocycles. The number of piperidine rings is 1. The molecule has 1 aliphatic heterocycles. The van der Waals surface area contributed by atoms with Crippen molar-refractivity contribution in [3.8, 4) is 0 Å². The Balaban J connectivity index is 0.00000300. The first kappa shape index (κ1) is 23.8. The maximum Gasteiger partial charge on any atom is 0.226 e. The molecule has 0 aliphatic carbocycles. The second kappa shape index (κ2) is 11.1. The number of guanidine groups is 1. The monoisotopic (exact) mass is 549 g/mol. The molecule has 1 aliphatic rings. The summed E-state index contributed by atoms with van der Waals surface area (Å²) in [7, 11) is 3.60. The molecule has 0 unspecified atom stereocenters. The molecule has 1 saturated heterocycles. The predicted octanol–water partition coefficient (Wildman–Crippen LogP) is 4.33. The van der Waals surface area contributed by atoms with Crippen LogP contribution in [0.15, 0.2) is 35.3 Å². The van der Waals surface area contributed by atoms with Crippen molar-refractivity contribution in [2.24, 2.45) is 12.0 Å². The van der Waals surface area contributed by atoms with Crippen molar-refractivity contribution in [3.63, 3.8) is 0 Å². The Morgan fingerprint density at radius 3 is 2.41 bits per heavy atom. The fourth-order valence-corrected chi connectivity index (χ4v) is 3.63. The van der Waals surface area contributed by atoms with E-state index in [4.69, 9.17) is 23.2 Å². The molecule has 2 heterocycles. The van der Waals surface area contributed by atoms with Gasteiger partial charge in [-0.05, 0) is 36.6 Å². The normalized spacial score (nSPS) is 14.6. The summed E-state index contributed by atoms with van der Waals surface area (Å²) in [5, 5.41) is 7.60. The number of carbonyl (C=O) groups is 1. The summed E-state index contributed by atoms with van der Waals surface area (Å²) in [4.78, 5) is 18.2. The number of rotatable bonds is 5. The maximum atomic E-state index is 12.0. The highest BCUT2D eigenvalue weighted by Crippen LogP contribution is 2.25. The summed E-state index contributed by atoms with van der Waals surface area (Å²) in [6.45, 7) is 1.99. The predicted molar refractivity (Wildman–Crippen MR) is 131 cm³/mol. The van der Waals surface area contributed by atoms with E-state index in [0.29, 0.717) is 35.6 Å². The van der Waals surface area contributed by atoms with Gasteiger partial charge in [-0.3, -0.25) is 9.79 Å². The third-order valence-corrected chi connectivity index (χ3v) is 5.75. The number of amides is 1. The minimum Gasteiger partial charge on any atom is -0.352 e. The molecular formula is C20H26Cl2IN5O. The Morgan fingerprint density at radius 2 is 1.83 bits per heavy atom. The molecule has 9 heteroatoms. The van der Waals surface area contributed by atoms with Crippen molar-refractivity contribution >= 4 is 64.7 Å². The average molecular weight is 550 g/mol. The Labute approximate surface area is 198 Å². The van der Waals surface area contributed by atoms with Crippen LogP contribution >= 0.6 is 47.2 Å². The van der Waals surface area contributed by atoms with Crippen molar-refractivity contribution < 1.29 is 4.79 Å². The van der Waals surface area contributed by atoms with Crippen LogP contribution in [-0.2, 0) is 24.9 Å². The zero-order valence-corrected chi connectivity index (χ0v) is 20.4. The van der Waals surface area contributed by atoms with Crippen LogP contribution in [0.4, 0.5) is 5.69 Å². The molecule has 2 aromatic rings. The second-order valence-electron chi connectivity index (χ2n) is 6.78. The lowest BCUT2D eigenvalue weighted by Crippen LogP contribution is -2.36. The highest BCUT2D eigenvalue weighted by molar-refractivity contribution is 14.0. The van der Waals surface area contributed by atoms with E-state index in [9.17, 15) is 4.79 Å². The first-order valence-corrected chi connectivity index (χ1v) is 10.1. The van der Waals surface area contributed by atoms with Crippen molar-refractivity contribution in [1.29, 1.82) is 0 Å². The van der Waals surface area contributed by atoms with E-state index in [1.807, 2.05) is 46.8 Å². The highest BCUT2D eigenvalue weighted by atomic mass is 127. The molecule has 1 amide bonds. The third kappa shape index (κ3) is 6.02. The van der Waals surface area contributed by atoms with E-state index in [1.165, 1.54) is 0 Å². The number of benzene rings is 1. The van der Waals surface area contributed by atoms with Gasteiger partial charge in [0.15, 0.2) is 5.96 Å². The van der Waals surface area contributed by atoms with Gasteiger partial charge in [-0.2, -0.15) is 0 Å². The maximum absolute atomic E-state index is 12.0. The van der Waals surface area contributed by atoms with Gasteiger partial charge < -0.3 is 20.1 Å². The highest BCUT2D eigenvalue weighted by Gasteiger charge is 2.19. The van der Waals surface area contributed by atoms with E-state index in [0.717, 1.165) is 36.3 Å². The van der Waals surface area contributed by atoms with Crippen molar-refractivity contribution in [3.05, 3.63) is 51.8 Å². The van der Waals surface area contributed by atoms with E-state index in [2.05, 4.69) is 15.6 Å². The first-order chi connectivity index (χ1) is 13.5. The van der Waals surface area contributed by atoms with E-state index in [1.54, 1.807) is 7.05 Å². The number of halogens is 3. The summed E-state index contributed by atoms with van der Waals surface area (Å²) < 4.78 is 1.84. The van der Waals surface area contributed by atoms with Crippen LogP contribution < -0.4 is 15.5 Å². The second-order valence-corrected chi connectivity index (χ2v) is 7.55. The smallest absolute Gasteiger partial charge is 0.226 e. The minimum atomic E-state index is 0. The summed E-state index contributed by atoms with van der Waals surface area (Å²) in [6, 6.07) is 9.92. The largest absolute Gasteiger partial charge is 0.352 e. The van der Waals surface area contributed by atoms with Gasteiger partial charge in [0.05, 0.1) is 11.6 Å². The molecule has 3 rings (SSSR count). The minimum absolute atomic E-state index is 0. The quantitative estimate of drug-likeness (QED) is 0.331. The van der Waals surface area contributed by atoms with E-state index in [-0.39, 0.29) is 29.9 Å². The number of carbonyl (C=O) groups excluding carboxylic acids is 1. The standard InChI is InChI=1S/C20H25Cl2N5O.HI/c1-23-20(25-13-16-11-17(21)19(22)26(16)2)24-12-14-6-8-15(9-7-14)27-10-4-3-5-18(27)28;/h6-9,11H,3-5,10,12-13H2,1-2H3,(H2,23,24,25);1H. The third-order valence-electron chi connectivity index (χ3n) is 4.91. The number of anilines is 1. The Bertz CT molecular complexity index is 867. The fraction of sp³-hybridized carbons (Fsp3) is 0.400. The Hall–Kier alpha value is -1.45. The van der Waals surface area contributed by atoms with Gasteiger partial charge in [-0.1, -0.05) is 35.3 Å². The molecule has 0 radical (unpaired) electrons. The summed E-state index contributed by atoms with van der Waals surface area (Å²) in [5.74, 6) is 0.895. The molecule has 6 nitrogen and oxygen atoms in total. The summed E-state index contributed by atoms with van der Waals surface area (Å²) >= 11 is 12.2. The molecule has 0 bridgehead atoms. The lowest BCUT2D eigenvalue weighted by molar-refractivity contribution is -0.119. The number of aliphatic imine (C=N–C) groups is 1. The molecular weight excluding hydrogens is 524 g/mol. The Kier molecular flexibility index (Phi) is 9.10. The molecule has 2 N–H and O–H groups in total. The van der Waals surface area contributed by atoms with Gasteiger partial charge in [0.25, 0.3) is 0 Å². The number of aromatic nitrogens is 1. The van der Waals surface area contributed by atoms with E-state index < -0.39 is 0 Å². The van der Waals surface area contributed by atoms with Crippen molar-refractivity contribution in [1.82, 2.24) is 15.2 Å². The number of nitrogens with one attached hydrogen (secondary N) is 2. The zero-order chi connectivity index (χ0) is 20.1. The van der Waals surface area contributed by atoms with Crippen LogP contribution in [0.1, 0.15) is 30.5 Å².